The van der Waals surface area contributed by atoms with E-state index < -0.39 is 31.7 Å². The van der Waals surface area contributed by atoms with Crippen molar-refractivity contribution in [3.8, 4) is 28.7 Å². The number of ether oxygens (including phenoxy) is 2. The fourth-order valence-electron chi connectivity index (χ4n) is 4.64. The van der Waals surface area contributed by atoms with E-state index in [4.69, 9.17) is 9.47 Å². The van der Waals surface area contributed by atoms with Gasteiger partial charge in [0.15, 0.2) is 11.5 Å². The van der Waals surface area contributed by atoms with E-state index in [1.54, 1.807) is 41.1 Å². The minimum absolute atomic E-state index is 0.0250. The molecular weight excluding hydrogens is 616 g/mol. The molecule has 0 spiro atoms. The Morgan fingerprint density at radius 2 is 1.56 bits per heavy atom. The van der Waals surface area contributed by atoms with Crippen molar-refractivity contribution in [3.63, 3.8) is 0 Å². The van der Waals surface area contributed by atoms with Gasteiger partial charge < -0.3 is 18.6 Å². The number of nitrogens with zero attached hydrogens (tertiary/aromatic N) is 5. The molecule has 0 aliphatic heterocycles. The van der Waals surface area contributed by atoms with Crippen molar-refractivity contribution >= 4 is 19.1 Å². The van der Waals surface area contributed by atoms with Gasteiger partial charge in [0.25, 0.3) is 0 Å². The summed E-state index contributed by atoms with van der Waals surface area (Å²) in [4.78, 5) is 12.6. The molecule has 45 heavy (non-hydrogen) atoms. The van der Waals surface area contributed by atoms with Crippen molar-refractivity contribution in [2.75, 3.05) is 6.61 Å². The van der Waals surface area contributed by atoms with Crippen LogP contribution >= 0.6 is 0 Å². The number of rotatable bonds is 10. The van der Waals surface area contributed by atoms with Crippen LogP contribution in [0.1, 0.15) is 16.8 Å². The summed E-state index contributed by atoms with van der Waals surface area (Å²) in [5, 5.41) is 0. The minimum Gasteiger partial charge on any atom is -0.471 e. The van der Waals surface area contributed by atoms with Crippen LogP contribution in [0.25, 0.3) is 33.8 Å². The van der Waals surface area contributed by atoms with E-state index in [-0.39, 0.29) is 36.4 Å². The maximum absolute atomic E-state index is 13.9. The molecule has 5 rings (SSSR count). The van der Waals surface area contributed by atoms with Gasteiger partial charge >= 0.3 is 12.4 Å². The second-order valence-electron chi connectivity index (χ2n) is 11.8. The molecule has 0 radical (unpaired) electrons. The van der Waals surface area contributed by atoms with Crippen LogP contribution in [0, 0.1) is 0 Å². The van der Waals surface area contributed by atoms with Gasteiger partial charge in [0.1, 0.15) is 24.7 Å². The number of hydrogen-bond acceptors (Lipinski definition) is 5. The van der Waals surface area contributed by atoms with Gasteiger partial charge in [0.2, 0.25) is 5.88 Å². The predicted octanol–water partition coefficient (Wildman–Crippen LogP) is 8.43. The predicted molar refractivity (Wildman–Crippen MR) is 160 cm³/mol. The van der Waals surface area contributed by atoms with Crippen molar-refractivity contribution in [3.05, 3.63) is 83.8 Å². The van der Waals surface area contributed by atoms with Crippen LogP contribution < -0.4 is 4.74 Å². The van der Waals surface area contributed by atoms with Gasteiger partial charge in [-0.2, -0.15) is 31.3 Å². The molecule has 0 aliphatic carbocycles. The molecule has 238 valence electrons. The Balaban J connectivity index is 1.45. The van der Waals surface area contributed by atoms with Crippen LogP contribution in [-0.2, 0) is 37.5 Å². The van der Waals surface area contributed by atoms with Crippen molar-refractivity contribution in [2.24, 2.45) is 7.05 Å². The highest BCUT2D eigenvalue weighted by Gasteiger charge is 2.35. The lowest BCUT2D eigenvalue weighted by molar-refractivity contribution is -0.141. The summed E-state index contributed by atoms with van der Waals surface area (Å²) in [7, 11) is 0.153. The van der Waals surface area contributed by atoms with E-state index >= 15 is 0 Å². The van der Waals surface area contributed by atoms with Crippen molar-refractivity contribution in [1.82, 2.24) is 24.1 Å². The summed E-state index contributed by atoms with van der Waals surface area (Å²) in [5.41, 5.74) is -0.0898. The molecule has 0 N–H and O–H groups in total. The van der Waals surface area contributed by atoms with Gasteiger partial charge in [-0.1, -0.05) is 62.1 Å². The number of imidazole rings is 1. The van der Waals surface area contributed by atoms with E-state index in [0.717, 1.165) is 18.3 Å². The highest BCUT2D eigenvalue weighted by molar-refractivity contribution is 6.76. The molecule has 0 aliphatic rings. The fraction of sp³-hybridized carbons (Fsp3) is 0.323. The third kappa shape index (κ3) is 7.56. The smallest absolute Gasteiger partial charge is 0.434 e. The summed E-state index contributed by atoms with van der Waals surface area (Å²) in [6, 6.07) is 14.3. The van der Waals surface area contributed by atoms with Gasteiger partial charge in [0, 0.05) is 45.2 Å². The number of fused-ring (bicyclic) bond motifs is 1. The first-order valence-electron chi connectivity index (χ1n) is 14.0. The summed E-state index contributed by atoms with van der Waals surface area (Å²) >= 11 is 0. The van der Waals surface area contributed by atoms with E-state index in [1.807, 2.05) is 0 Å². The van der Waals surface area contributed by atoms with Crippen LogP contribution in [0.5, 0.6) is 5.88 Å². The van der Waals surface area contributed by atoms with Crippen molar-refractivity contribution in [1.29, 1.82) is 0 Å². The molecule has 0 unspecified atom stereocenters. The SMILES string of the molecule is Cn1cc(C(F)(F)F)nc1-c1ccc(COc2nc(-c3ccccc3C(F)(F)F)nc3ccn(COCC[Si](C)(C)C)c23)cc1. The first-order chi connectivity index (χ1) is 21.1. The zero-order valence-electron chi connectivity index (χ0n) is 25.0. The second-order valence-corrected chi connectivity index (χ2v) is 17.4. The van der Waals surface area contributed by atoms with Crippen LogP contribution in [0.3, 0.4) is 0 Å². The summed E-state index contributed by atoms with van der Waals surface area (Å²) in [6.07, 6.45) is -6.55. The highest BCUT2D eigenvalue weighted by Crippen LogP contribution is 2.37. The summed E-state index contributed by atoms with van der Waals surface area (Å²) in [6.45, 7) is 7.42. The zero-order valence-corrected chi connectivity index (χ0v) is 26.0. The largest absolute Gasteiger partial charge is 0.471 e. The second kappa shape index (κ2) is 12.3. The van der Waals surface area contributed by atoms with E-state index in [2.05, 4.69) is 34.6 Å². The lowest BCUT2D eigenvalue weighted by Crippen LogP contribution is -2.22. The Bertz CT molecular complexity index is 1790. The summed E-state index contributed by atoms with van der Waals surface area (Å²) in [5.74, 6) is 0.0643. The molecule has 0 bridgehead atoms. The Kier molecular flexibility index (Phi) is 8.82. The normalized spacial score (nSPS) is 12.7. The van der Waals surface area contributed by atoms with Crippen LogP contribution in [-0.4, -0.2) is 38.8 Å². The maximum atomic E-state index is 13.9. The average Bonchev–Trinajstić information content (AvgIpc) is 3.57. The standard InChI is InChI=1S/C31H31F6N5O2Si/c1-41-17-25(31(35,36)37)39-28(41)21-11-9-20(10-12-21)18-44-29-26-24(13-14-42(26)19-43-15-16-45(2,3)4)38-27(40-29)22-7-5-6-8-23(22)30(32,33)34/h5-14,17H,15-16,18-19H2,1-4H3. The summed E-state index contributed by atoms with van der Waals surface area (Å²) < 4.78 is 96.0. The Morgan fingerprint density at radius 1 is 0.844 bits per heavy atom. The number of halogens is 6. The van der Waals surface area contributed by atoms with E-state index in [1.165, 1.54) is 29.8 Å². The van der Waals surface area contributed by atoms with Gasteiger partial charge in [-0.3, -0.25) is 0 Å². The van der Waals surface area contributed by atoms with Crippen molar-refractivity contribution < 1.29 is 35.8 Å². The van der Waals surface area contributed by atoms with Gasteiger partial charge in [0.05, 0.1) is 11.1 Å². The Morgan fingerprint density at radius 3 is 2.20 bits per heavy atom. The number of alkyl halides is 6. The molecule has 0 atom stereocenters. The first-order valence-corrected chi connectivity index (χ1v) is 17.7. The molecule has 0 saturated heterocycles. The molecule has 0 saturated carbocycles. The van der Waals surface area contributed by atoms with E-state index in [9.17, 15) is 26.3 Å². The number of aromatic nitrogens is 5. The molecular formula is C31H31F6N5O2Si. The molecule has 0 fully saturated rings. The quantitative estimate of drug-likeness (QED) is 0.0865. The number of benzene rings is 2. The highest BCUT2D eigenvalue weighted by atomic mass is 28.3. The lowest BCUT2D eigenvalue weighted by Gasteiger charge is -2.17. The molecule has 2 aromatic carbocycles. The van der Waals surface area contributed by atoms with E-state index in [0.29, 0.717) is 28.8 Å². The fourth-order valence-corrected chi connectivity index (χ4v) is 5.40. The molecule has 14 heteroatoms. The van der Waals surface area contributed by atoms with Crippen LogP contribution in [0.4, 0.5) is 26.3 Å². The monoisotopic (exact) mass is 647 g/mol. The Labute approximate surface area is 256 Å². The van der Waals surface area contributed by atoms with Gasteiger partial charge in [-0.05, 0) is 23.7 Å². The average molecular weight is 648 g/mol. The van der Waals surface area contributed by atoms with Gasteiger partial charge in [-0.25, -0.2) is 9.97 Å². The zero-order chi connectivity index (χ0) is 32.6. The lowest BCUT2D eigenvalue weighted by atomic mass is 10.1. The third-order valence-corrected chi connectivity index (χ3v) is 8.74. The van der Waals surface area contributed by atoms with Gasteiger partial charge in [-0.15, -0.1) is 0 Å². The van der Waals surface area contributed by atoms with Crippen molar-refractivity contribution in [2.45, 2.75) is 51.4 Å². The molecule has 5 aromatic rings. The number of hydrogen-bond donors (Lipinski definition) is 0. The third-order valence-electron chi connectivity index (χ3n) is 7.03. The maximum Gasteiger partial charge on any atom is 0.434 e. The molecule has 3 aromatic heterocycles. The Hall–Kier alpha value is -4.17. The topological polar surface area (TPSA) is 67.0 Å². The number of aryl methyl sites for hydroxylation is 1. The first kappa shape index (κ1) is 32.2. The molecule has 0 amide bonds. The molecule has 7 nitrogen and oxygen atoms in total. The van der Waals surface area contributed by atoms with Crippen LogP contribution in [0.15, 0.2) is 67.0 Å². The molecule has 3 heterocycles. The minimum atomic E-state index is -4.62. The van der Waals surface area contributed by atoms with Crippen LogP contribution in [0.2, 0.25) is 25.7 Å².